The van der Waals surface area contributed by atoms with E-state index in [1.165, 1.54) is 0 Å². The monoisotopic (exact) mass is 195 g/mol. The van der Waals surface area contributed by atoms with Crippen molar-refractivity contribution in [3.05, 3.63) is 11.1 Å². The Hall–Kier alpha value is -1.12. The lowest BCUT2D eigenvalue weighted by atomic mass is 9.97. The fourth-order valence-corrected chi connectivity index (χ4v) is 1.55. The summed E-state index contributed by atoms with van der Waals surface area (Å²) in [7, 11) is 0. The Labute approximate surface area is 84.9 Å². The van der Waals surface area contributed by atoms with Crippen LogP contribution in [0.15, 0.2) is 16.1 Å². The molecule has 14 heavy (non-hydrogen) atoms. The average Bonchev–Trinajstić information content (AvgIpc) is 2.47. The minimum Gasteiger partial charge on any atom is -0.462 e. The lowest BCUT2D eigenvalue weighted by molar-refractivity contribution is -0.137. The van der Waals surface area contributed by atoms with E-state index in [0.717, 1.165) is 11.3 Å². The third kappa shape index (κ3) is 2.03. The standard InChI is InChI=1S/C11H17NO2/c1-5-14-11(13)10-8(4)12-6-9(10)7(2)3/h7H,5-6H2,1-4H3. The first-order chi connectivity index (χ1) is 6.57. The number of carbonyl (C=O) groups excluding carboxylic acids is 1. The molecule has 0 bridgehead atoms. The zero-order valence-corrected chi connectivity index (χ0v) is 9.26. The number of ether oxygens (including phenoxy) is 1. The fourth-order valence-electron chi connectivity index (χ4n) is 1.55. The molecule has 0 amide bonds. The second kappa shape index (κ2) is 4.40. The SMILES string of the molecule is CCOC(=O)C1=C(C(C)C)CN=C1C. The normalized spacial score (nSPS) is 16.2. The first-order valence-corrected chi connectivity index (χ1v) is 4.99. The molecule has 0 radical (unpaired) electrons. The van der Waals surface area contributed by atoms with Gasteiger partial charge in [0.25, 0.3) is 0 Å². The van der Waals surface area contributed by atoms with Crippen LogP contribution in [0.2, 0.25) is 0 Å². The third-order valence-electron chi connectivity index (χ3n) is 2.35. The Kier molecular flexibility index (Phi) is 3.44. The van der Waals surface area contributed by atoms with Gasteiger partial charge < -0.3 is 4.74 Å². The summed E-state index contributed by atoms with van der Waals surface area (Å²) in [5.74, 6) is 0.130. The molecule has 0 aromatic heterocycles. The summed E-state index contributed by atoms with van der Waals surface area (Å²) in [4.78, 5) is 15.9. The Morgan fingerprint density at radius 2 is 2.21 bits per heavy atom. The lowest BCUT2D eigenvalue weighted by Gasteiger charge is -2.09. The van der Waals surface area contributed by atoms with E-state index in [1.54, 1.807) is 0 Å². The van der Waals surface area contributed by atoms with Crippen LogP contribution < -0.4 is 0 Å². The van der Waals surface area contributed by atoms with Crippen LogP contribution in [0, 0.1) is 5.92 Å². The molecule has 0 aromatic rings. The van der Waals surface area contributed by atoms with Gasteiger partial charge in [0.15, 0.2) is 0 Å². The van der Waals surface area contributed by atoms with Gasteiger partial charge in [-0.05, 0) is 25.3 Å². The zero-order chi connectivity index (χ0) is 10.7. The minimum absolute atomic E-state index is 0.227. The quantitative estimate of drug-likeness (QED) is 0.646. The van der Waals surface area contributed by atoms with Crippen LogP contribution in [-0.2, 0) is 9.53 Å². The second-order valence-electron chi connectivity index (χ2n) is 3.68. The van der Waals surface area contributed by atoms with Crippen LogP contribution in [0.25, 0.3) is 0 Å². The van der Waals surface area contributed by atoms with Gasteiger partial charge in [-0.3, -0.25) is 4.99 Å². The van der Waals surface area contributed by atoms with E-state index >= 15 is 0 Å². The lowest BCUT2D eigenvalue weighted by Crippen LogP contribution is -2.15. The number of carbonyl (C=O) groups is 1. The smallest absolute Gasteiger partial charge is 0.339 e. The predicted octanol–water partition coefficient (Wildman–Crippen LogP) is 1.98. The number of aliphatic imine (C=N–C) groups is 1. The van der Waals surface area contributed by atoms with Crippen molar-refractivity contribution in [3.63, 3.8) is 0 Å². The zero-order valence-electron chi connectivity index (χ0n) is 9.26. The van der Waals surface area contributed by atoms with Crippen molar-refractivity contribution in [2.24, 2.45) is 10.9 Å². The first-order valence-electron chi connectivity index (χ1n) is 4.99. The van der Waals surface area contributed by atoms with E-state index in [9.17, 15) is 4.79 Å². The van der Waals surface area contributed by atoms with Gasteiger partial charge >= 0.3 is 5.97 Å². The number of rotatable bonds is 3. The Morgan fingerprint density at radius 1 is 1.57 bits per heavy atom. The highest BCUT2D eigenvalue weighted by atomic mass is 16.5. The van der Waals surface area contributed by atoms with Gasteiger partial charge in [0.1, 0.15) is 0 Å². The second-order valence-corrected chi connectivity index (χ2v) is 3.68. The molecule has 0 aliphatic carbocycles. The molecule has 3 heteroatoms. The van der Waals surface area contributed by atoms with Crippen LogP contribution in [0.4, 0.5) is 0 Å². The first kappa shape index (κ1) is 11.0. The molecule has 0 saturated carbocycles. The Bertz CT molecular complexity index is 300. The van der Waals surface area contributed by atoms with Gasteiger partial charge in [-0.2, -0.15) is 0 Å². The minimum atomic E-state index is -0.227. The van der Waals surface area contributed by atoms with Crippen LogP contribution in [-0.4, -0.2) is 24.8 Å². The number of hydrogen-bond acceptors (Lipinski definition) is 3. The van der Waals surface area contributed by atoms with Crippen molar-refractivity contribution in [2.75, 3.05) is 13.2 Å². The molecule has 0 spiro atoms. The highest BCUT2D eigenvalue weighted by molar-refractivity contribution is 6.20. The maximum atomic E-state index is 11.6. The van der Waals surface area contributed by atoms with Gasteiger partial charge in [-0.25, -0.2) is 4.79 Å². The molecule has 0 fully saturated rings. The Morgan fingerprint density at radius 3 is 2.71 bits per heavy atom. The van der Waals surface area contributed by atoms with E-state index < -0.39 is 0 Å². The van der Waals surface area contributed by atoms with Crippen LogP contribution in [0.3, 0.4) is 0 Å². The van der Waals surface area contributed by atoms with Gasteiger partial charge in [-0.1, -0.05) is 13.8 Å². The van der Waals surface area contributed by atoms with Gasteiger partial charge in [-0.15, -0.1) is 0 Å². The Balaban J connectivity index is 2.94. The van der Waals surface area contributed by atoms with Gasteiger partial charge in [0, 0.05) is 5.71 Å². The van der Waals surface area contributed by atoms with E-state index in [1.807, 2.05) is 13.8 Å². The number of esters is 1. The average molecular weight is 195 g/mol. The highest BCUT2D eigenvalue weighted by Crippen LogP contribution is 2.23. The summed E-state index contributed by atoms with van der Waals surface area (Å²) in [5, 5.41) is 0. The highest BCUT2D eigenvalue weighted by Gasteiger charge is 2.25. The fraction of sp³-hybridized carbons (Fsp3) is 0.636. The summed E-state index contributed by atoms with van der Waals surface area (Å²) >= 11 is 0. The molecular weight excluding hydrogens is 178 g/mol. The summed E-state index contributed by atoms with van der Waals surface area (Å²) in [6.07, 6.45) is 0. The van der Waals surface area contributed by atoms with Gasteiger partial charge in [0.05, 0.1) is 18.7 Å². The number of hydrogen-bond donors (Lipinski definition) is 0. The van der Waals surface area contributed by atoms with E-state index in [0.29, 0.717) is 24.6 Å². The molecule has 78 valence electrons. The maximum absolute atomic E-state index is 11.6. The van der Waals surface area contributed by atoms with Crippen molar-refractivity contribution < 1.29 is 9.53 Å². The van der Waals surface area contributed by atoms with Crippen LogP contribution in [0.5, 0.6) is 0 Å². The van der Waals surface area contributed by atoms with Crippen molar-refractivity contribution in [3.8, 4) is 0 Å². The number of nitrogens with zero attached hydrogens (tertiary/aromatic N) is 1. The molecule has 1 rings (SSSR count). The molecule has 0 aromatic carbocycles. The molecular formula is C11H17NO2. The van der Waals surface area contributed by atoms with Gasteiger partial charge in [0.2, 0.25) is 0 Å². The third-order valence-corrected chi connectivity index (χ3v) is 2.35. The topological polar surface area (TPSA) is 38.7 Å². The van der Waals surface area contributed by atoms with E-state index in [4.69, 9.17) is 4.74 Å². The summed E-state index contributed by atoms with van der Waals surface area (Å²) in [6.45, 7) is 8.89. The summed E-state index contributed by atoms with van der Waals surface area (Å²) < 4.78 is 5.00. The summed E-state index contributed by atoms with van der Waals surface area (Å²) in [5.41, 5.74) is 2.61. The molecule has 1 heterocycles. The van der Waals surface area contributed by atoms with Crippen molar-refractivity contribution >= 4 is 11.7 Å². The molecule has 0 saturated heterocycles. The van der Waals surface area contributed by atoms with Crippen molar-refractivity contribution in [1.82, 2.24) is 0 Å². The summed E-state index contributed by atoms with van der Waals surface area (Å²) in [6, 6.07) is 0. The predicted molar refractivity (Wildman–Crippen MR) is 56.5 cm³/mol. The van der Waals surface area contributed by atoms with Crippen molar-refractivity contribution in [1.29, 1.82) is 0 Å². The van der Waals surface area contributed by atoms with Crippen molar-refractivity contribution in [2.45, 2.75) is 27.7 Å². The van der Waals surface area contributed by atoms with E-state index in [-0.39, 0.29) is 5.97 Å². The molecule has 1 aliphatic heterocycles. The maximum Gasteiger partial charge on any atom is 0.339 e. The molecule has 1 aliphatic rings. The largest absolute Gasteiger partial charge is 0.462 e. The molecule has 3 nitrogen and oxygen atoms in total. The molecule has 0 N–H and O–H groups in total. The molecule has 0 atom stereocenters. The van der Waals surface area contributed by atoms with Crippen LogP contribution in [0.1, 0.15) is 27.7 Å². The van der Waals surface area contributed by atoms with Crippen LogP contribution >= 0.6 is 0 Å². The molecule has 0 unspecified atom stereocenters. The van der Waals surface area contributed by atoms with E-state index in [2.05, 4.69) is 18.8 Å².